The van der Waals surface area contributed by atoms with Gasteiger partial charge in [0.1, 0.15) is 11.9 Å². The minimum Gasteiger partial charge on any atom is -0.493 e. The molecule has 0 spiro atoms. The number of ether oxygens (including phenoxy) is 5. The van der Waals surface area contributed by atoms with Crippen molar-refractivity contribution in [3.05, 3.63) is 50.8 Å². The van der Waals surface area contributed by atoms with Crippen LogP contribution in [-0.4, -0.2) is 107 Å². The van der Waals surface area contributed by atoms with Crippen molar-refractivity contribution < 1.29 is 33.3 Å². The molecule has 1 unspecified atom stereocenters. The molecular weight excluding hydrogens is 585 g/mol. The number of rotatable bonds is 12. The van der Waals surface area contributed by atoms with Crippen molar-refractivity contribution in [2.75, 3.05) is 78.9 Å². The van der Waals surface area contributed by atoms with Crippen LogP contribution in [0.1, 0.15) is 27.2 Å². The van der Waals surface area contributed by atoms with Gasteiger partial charge in [0.25, 0.3) is 0 Å². The van der Waals surface area contributed by atoms with E-state index in [2.05, 4.69) is 15.1 Å². The molecule has 2 saturated heterocycles. The van der Waals surface area contributed by atoms with Crippen molar-refractivity contribution >= 4 is 35.1 Å². The number of carbonyl (C=O) groups is 2. The highest BCUT2D eigenvalue weighted by Crippen LogP contribution is 2.31. The summed E-state index contributed by atoms with van der Waals surface area (Å²) in [4.78, 5) is 31.3. The first-order valence-electron chi connectivity index (χ1n) is 14.5. The summed E-state index contributed by atoms with van der Waals surface area (Å²) in [6.07, 6.45) is 0.136. The van der Waals surface area contributed by atoms with Crippen molar-refractivity contribution in [2.45, 2.75) is 33.3 Å². The maximum atomic E-state index is 13.7. The average molecular weight is 627 g/mol. The third kappa shape index (κ3) is 9.33. The molecule has 3 heterocycles. The third-order valence-electron chi connectivity index (χ3n) is 7.52. The average Bonchev–Trinajstić information content (AvgIpc) is 2.93. The SMILES string of the molecule is CC1=C(C(=O)OCCCOc2cc(Cl)cc(Cl)c2)C(C)C(C(=O)OC(CN2CCOCC2)CN2CCOCC2)=C(C)N1. The Balaban J connectivity index is 1.33. The highest BCUT2D eigenvalue weighted by molar-refractivity contribution is 6.34. The van der Waals surface area contributed by atoms with E-state index in [0.717, 1.165) is 26.2 Å². The lowest BCUT2D eigenvalue weighted by Crippen LogP contribution is -2.48. The molecule has 0 radical (unpaired) electrons. The van der Waals surface area contributed by atoms with Crippen LogP contribution in [0.2, 0.25) is 10.0 Å². The van der Waals surface area contributed by atoms with E-state index in [1.807, 2.05) is 20.8 Å². The first kappa shape index (κ1) is 32.6. The second-order valence-corrected chi connectivity index (χ2v) is 11.6. The standard InChI is InChI=1S/C30H41Cl2N3O7/c1-20-27(29(36)41-10-4-9-40-25-16-23(31)15-24(32)17-25)21(2)33-22(3)28(20)30(37)42-26(18-34-5-11-38-12-6-34)19-35-7-13-39-14-8-35/h15-17,20,26,33H,4-14,18-19H2,1-3H3. The molecule has 42 heavy (non-hydrogen) atoms. The molecule has 232 valence electrons. The van der Waals surface area contributed by atoms with Gasteiger partial charge < -0.3 is 29.0 Å². The molecular formula is C30H41Cl2N3O7. The van der Waals surface area contributed by atoms with E-state index in [4.69, 9.17) is 46.9 Å². The Kier molecular flexibility index (Phi) is 12.4. The van der Waals surface area contributed by atoms with E-state index in [9.17, 15) is 9.59 Å². The van der Waals surface area contributed by atoms with Crippen LogP contribution in [0, 0.1) is 5.92 Å². The van der Waals surface area contributed by atoms with Gasteiger partial charge >= 0.3 is 11.9 Å². The maximum absolute atomic E-state index is 13.7. The number of hydrogen-bond acceptors (Lipinski definition) is 10. The zero-order chi connectivity index (χ0) is 30.1. The molecule has 3 aliphatic rings. The molecule has 1 aromatic rings. The van der Waals surface area contributed by atoms with Crippen LogP contribution >= 0.6 is 23.2 Å². The number of halogens is 2. The van der Waals surface area contributed by atoms with Gasteiger partial charge in [-0.15, -0.1) is 0 Å². The van der Waals surface area contributed by atoms with E-state index in [-0.39, 0.29) is 12.7 Å². The normalized spacial score (nSPS) is 20.5. The van der Waals surface area contributed by atoms with Gasteiger partial charge in [-0.1, -0.05) is 30.1 Å². The largest absolute Gasteiger partial charge is 0.493 e. The van der Waals surface area contributed by atoms with Crippen LogP contribution in [0.3, 0.4) is 0 Å². The summed E-state index contributed by atoms with van der Waals surface area (Å²) in [5.41, 5.74) is 2.17. The number of hydrogen-bond donors (Lipinski definition) is 1. The summed E-state index contributed by atoms with van der Waals surface area (Å²) in [5.74, 6) is -0.852. The Bertz CT molecular complexity index is 1120. The topological polar surface area (TPSA) is 98.8 Å². The lowest BCUT2D eigenvalue weighted by molar-refractivity contribution is -0.148. The van der Waals surface area contributed by atoms with Gasteiger partial charge in [-0.2, -0.15) is 0 Å². The molecule has 1 N–H and O–H groups in total. The van der Waals surface area contributed by atoms with Crippen LogP contribution in [-0.2, 0) is 28.5 Å². The number of nitrogens with one attached hydrogen (secondary N) is 1. The Hall–Kier alpha value is -2.34. The quantitative estimate of drug-likeness (QED) is 0.274. The summed E-state index contributed by atoms with van der Waals surface area (Å²) in [5, 5.41) is 4.16. The van der Waals surface area contributed by atoms with Crippen molar-refractivity contribution in [3.63, 3.8) is 0 Å². The van der Waals surface area contributed by atoms with E-state index >= 15 is 0 Å². The first-order chi connectivity index (χ1) is 20.2. The monoisotopic (exact) mass is 625 g/mol. The Morgan fingerprint density at radius 1 is 0.881 bits per heavy atom. The molecule has 0 aromatic heterocycles. The van der Waals surface area contributed by atoms with Gasteiger partial charge in [0.05, 0.1) is 50.8 Å². The van der Waals surface area contributed by atoms with Crippen LogP contribution in [0.4, 0.5) is 0 Å². The molecule has 1 atom stereocenters. The smallest absolute Gasteiger partial charge is 0.336 e. The van der Waals surface area contributed by atoms with E-state index in [1.165, 1.54) is 0 Å². The summed E-state index contributed by atoms with van der Waals surface area (Å²) in [6, 6.07) is 4.97. The Morgan fingerprint density at radius 3 is 1.95 bits per heavy atom. The lowest BCUT2D eigenvalue weighted by Gasteiger charge is -2.35. The van der Waals surface area contributed by atoms with Crippen molar-refractivity contribution in [3.8, 4) is 5.75 Å². The predicted octanol–water partition coefficient (Wildman–Crippen LogP) is 3.67. The number of carbonyl (C=O) groups excluding carboxylic acids is 2. The van der Waals surface area contributed by atoms with Crippen molar-refractivity contribution in [2.24, 2.45) is 5.92 Å². The number of dihydropyridines is 1. The van der Waals surface area contributed by atoms with Crippen LogP contribution in [0.15, 0.2) is 40.7 Å². The fraction of sp³-hybridized carbons (Fsp3) is 0.600. The second kappa shape index (κ2) is 15.9. The van der Waals surface area contributed by atoms with E-state index in [0.29, 0.717) is 90.9 Å². The summed E-state index contributed by atoms with van der Waals surface area (Å²) >= 11 is 12.0. The summed E-state index contributed by atoms with van der Waals surface area (Å²) in [6.45, 7) is 13.0. The maximum Gasteiger partial charge on any atom is 0.336 e. The molecule has 1 aromatic carbocycles. The number of nitrogens with zero attached hydrogens (tertiary/aromatic N) is 2. The highest BCUT2D eigenvalue weighted by Gasteiger charge is 2.35. The molecule has 4 rings (SSSR count). The number of benzene rings is 1. The van der Waals surface area contributed by atoms with Gasteiger partial charge in [0, 0.05) is 73.0 Å². The molecule has 12 heteroatoms. The van der Waals surface area contributed by atoms with E-state index < -0.39 is 17.9 Å². The van der Waals surface area contributed by atoms with Crippen LogP contribution < -0.4 is 10.1 Å². The predicted molar refractivity (Wildman–Crippen MR) is 160 cm³/mol. The van der Waals surface area contributed by atoms with Gasteiger partial charge in [0.15, 0.2) is 0 Å². The number of allylic oxidation sites excluding steroid dienone is 2. The first-order valence-corrected chi connectivity index (χ1v) is 15.2. The molecule has 0 amide bonds. The molecule has 0 aliphatic carbocycles. The molecule has 10 nitrogen and oxygen atoms in total. The number of esters is 2. The van der Waals surface area contributed by atoms with Crippen LogP contribution in [0.5, 0.6) is 5.75 Å². The van der Waals surface area contributed by atoms with E-state index in [1.54, 1.807) is 18.2 Å². The van der Waals surface area contributed by atoms with Crippen molar-refractivity contribution in [1.82, 2.24) is 15.1 Å². The lowest BCUT2D eigenvalue weighted by atomic mass is 9.87. The molecule has 3 aliphatic heterocycles. The molecule has 0 saturated carbocycles. The van der Waals surface area contributed by atoms with Gasteiger partial charge in [-0.05, 0) is 32.0 Å². The fourth-order valence-corrected chi connectivity index (χ4v) is 5.97. The van der Waals surface area contributed by atoms with Crippen molar-refractivity contribution in [1.29, 1.82) is 0 Å². The minimum absolute atomic E-state index is 0.153. The summed E-state index contributed by atoms with van der Waals surface area (Å²) < 4.78 is 28.4. The number of morpholine rings is 2. The Morgan fingerprint density at radius 2 is 1.40 bits per heavy atom. The van der Waals surface area contributed by atoms with Gasteiger partial charge in [-0.25, -0.2) is 9.59 Å². The van der Waals surface area contributed by atoms with Gasteiger partial charge in [0.2, 0.25) is 0 Å². The van der Waals surface area contributed by atoms with Gasteiger partial charge in [-0.3, -0.25) is 9.80 Å². The van der Waals surface area contributed by atoms with Crippen LogP contribution in [0.25, 0.3) is 0 Å². The minimum atomic E-state index is -0.497. The Labute approximate surface area is 257 Å². The second-order valence-electron chi connectivity index (χ2n) is 10.7. The zero-order valence-electron chi connectivity index (χ0n) is 24.6. The molecule has 2 fully saturated rings. The highest BCUT2D eigenvalue weighted by atomic mass is 35.5. The molecule has 0 bridgehead atoms. The fourth-order valence-electron chi connectivity index (χ4n) is 5.46. The summed E-state index contributed by atoms with van der Waals surface area (Å²) in [7, 11) is 0. The zero-order valence-corrected chi connectivity index (χ0v) is 26.1. The third-order valence-corrected chi connectivity index (χ3v) is 7.96.